The average molecular weight is 279 g/mol. The second-order valence-corrected chi connectivity index (χ2v) is 5.51. The van der Waals surface area contributed by atoms with Crippen molar-refractivity contribution in [1.29, 1.82) is 0 Å². The molecule has 1 aliphatic rings. The van der Waals surface area contributed by atoms with Crippen molar-refractivity contribution in [3.8, 4) is 0 Å². The summed E-state index contributed by atoms with van der Waals surface area (Å²) in [5, 5.41) is 9.25. The monoisotopic (exact) mass is 279 g/mol. The Kier molecular flexibility index (Phi) is 4.47. The molecule has 0 saturated carbocycles. The van der Waals surface area contributed by atoms with Crippen molar-refractivity contribution in [3.63, 3.8) is 0 Å². The van der Waals surface area contributed by atoms with Crippen molar-refractivity contribution in [3.05, 3.63) is 35.9 Å². The van der Waals surface area contributed by atoms with Crippen LogP contribution in [-0.2, 0) is 16.0 Å². The smallest absolute Gasteiger partial charge is 0.326 e. The van der Waals surface area contributed by atoms with Crippen LogP contribution in [0.5, 0.6) is 0 Å². The highest BCUT2D eigenvalue weighted by atomic mass is 32.1. The minimum absolute atomic E-state index is 0.0499. The van der Waals surface area contributed by atoms with E-state index < -0.39 is 12.0 Å². The number of amides is 1. The van der Waals surface area contributed by atoms with Crippen molar-refractivity contribution in [2.45, 2.75) is 30.6 Å². The normalized spacial score (nSPS) is 20.6. The molecule has 0 aliphatic carbocycles. The summed E-state index contributed by atoms with van der Waals surface area (Å²) in [6.45, 7) is 0.424. The van der Waals surface area contributed by atoms with Gasteiger partial charge in [-0.05, 0) is 18.4 Å². The van der Waals surface area contributed by atoms with Gasteiger partial charge in [-0.15, -0.1) is 0 Å². The summed E-state index contributed by atoms with van der Waals surface area (Å²) in [6.07, 6.45) is 1.42. The minimum atomic E-state index is -0.938. The molecule has 1 amide bonds. The fourth-order valence-corrected chi connectivity index (χ4v) is 2.71. The third-order valence-electron chi connectivity index (χ3n) is 3.35. The number of carboxylic acids is 1. The molecule has 4 nitrogen and oxygen atoms in total. The maximum atomic E-state index is 11.8. The average Bonchev–Trinajstić information content (AvgIpc) is 2.70. The standard InChI is InChI=1S/C14H17NO3S/c16-13-8-11(19)9-15(13)12(14(17)18)7-6-10-4-2-1-3-5-10/h1-5,11-12,19H,6-9H2,(H,17,18)/t11?,12-/m0/s1. The zero-order chi connectivity index (χ0) is 13.8. The molecule has 0 bridgehead atoms. The van der Waals surface area contributed by atoms with E-state index in [9.17, 15) is 14.7 Å². The largest absolute Gasteiger partial charge is 0.480 e. The third kappa shape index (κ3) is 3.50. The number of likely N-dealkylation sites (tertiary alicyclic amines) is 1. The molecule has 19 heavy (non-hydrogen) atoms. The summed E-state index contributed by atoms with van der Waals surface area (Å²) in [4.78, 5) is 24.5. The molecule has 1 N–H and O–H groups in total. The van der Waals surface area contributed by atoms with Gasteiger partial charge >= 0.3 is 5.97 Å². The van der Waals surface area contributed by atoms with Crippen molar-refractivity contribution in [1.82, 2.24) is 4.90 Å². The Labute approximate surface area is 117 Å². The fourth-order valence-electron chi connectivity index (χ4n) is 2.37. The first-order chi connectivity index (χ1) is 9.08. The number of carbonyl (C=O) groups is 2. The van der Waals surface area contributed by atoms with Crippen LogP contribution in [-0.4, -0.2) is 39.7 Å². The van der Waals surface area contributed by atoms with E-state index in [4.69, 9.17) is 0 Å². The topological polar surface area (TPSA) is 57.6 Å². The van der Waals surface area contributed by atoms with Crippen LogP contribution in [0.1, 0.15) is 18.4 Å². The van der Waals surface area contributed by atoms with Gasteiger partial charge in [0.25, 0.3) is 0 Å². The second kappa shape index (κ2) is 6.10. The van der Waals surface area contributed by atoms with E-state index in [-0.39, 0.29) is 11.2 Å². The summed E-state index contributed by atoms with van der Waals surface area (Å²) in [5.41, 5.74) is 1.09. The van der Waals surface area contributed by atoms with Crippen molar-refractivity contribution < 1.29 is 14.7 Å². The number of hydrogen-bond donors (Lipinski definition) is 2. The van der Waals surface area contributed by atoms with Gasteiger partial charge in [0.05, 0.1) is 0 Å². The first kappa shape index (κ1) is 13.9. The number of thiol groups is 1. The second-order valence-electron chi connectivity index (χ2n) is 4.78. The maximum absolute atomic E-state index is 11.8. The number of aliphatic carboxylic acids is 1. The molecule has 0 radical (unpaired) electrons. The number of nitrogens with zero attached hydrogens (tertiary/aromatic N) is 1. The summed E-state index contributed by atoms with van der Waals surface area (Å²) >= 11 is 4.26. The maximum Gasteiger partial charge on any atom is 0.326 e. The van der Waals surface area contributed by atoms with E-state index in [0.29, 0.717) is 25.8 Å². The van der Waals surface area contributed by atoms with Gasteiger partial charge in [-0.25, -0.2) is 4.79 Å². The Bertz CT molecular complexity index is 463. The van der Waals surface area contributed by atoms with Crippen LogP contribution >= 0.6 is 12.6 Å². The zero-order valence-electron chi connectivity index (χ0n) is 10.5. The molecule has 1 aromatic carbocycles. The van der Waals surface area contributed by atoms with Crippen LogP contribution in [0.4, 0.5) is 0 Å². The van der Waals surface area contributed by atoms with Gasteiger partial charge in [0, 0.05) is 18.2 Å². The number of carboxylic acid groups (broad SMARTS) is 1. The van der Waals surface area contributed by atoms with Gasteiger partial charge in [0.15, 0.2) is 0 Å². The van der Waals surface area contributed by atoms with Gasteiger partial charge in [-0.2, -0.15) is 12.6 Å². The Morgan fingerprint density at radius 3 is 2.63 bits per heavy atom. The lowest BCUT2D eigenvalue weighted by Crippen LogP contribution is -2.42. The first-order valence-corrected chi connectivity index (χ1v) is 6.84. The molecular weight excluding hydrogens is 262 g/mol. The van der Waals surface area contributed by atoms with Gasteiger partial charge < -0.3 is 10.0 Å². The zero-order valence-corrected chi connectivity index (χ0v) is 11.4. The number of hydrogen-bond acceptors (Lipinski definition) is 3. The summed E-state index contributed by atoms with van der Waals surface area (Å²) in [6, 6.07) is 8.96. The Morgan fingerprint density at radius 2 is 2.11 bits per heavy atom. The molecule has 102 valence electrons. The molecule has 1 unspecified atom stereocenters. The van der Waals surface area contributed by atoms with Gasteiger partial charge in [0.2, 0.25) is 5.91 Å². The van der Waals surface area contributed by atoms with E-state index in [1.54, 1.807) is 0 Å². The number of rotatable bonds is 5. The highest BCUT2D eigenvalue weighted by Gasteiger charge is 2.35. The van der Waals surface area contributed by atoms with E-state index in [2.05, 4.69) is 12.6 Å². The van der Waals surface area contributed by atoms with Crippen molar-refractivity contribution >= 4 is 24.5 Å². The highest BCUT2D eigenvalue weighted by Crippen LogP contribution is 2.21. The molecule has 1 heterocycles. The lowest BCUT2D eigenvalue weighted by Gasteiger charge is -2.24. The Hall–Kier alpha value is -1.49. The fraction of sp³-hybridized carbons (Fsp3) is 0.429. The van der Waals surface area contributed by atoms with Crippen LogP contribution < -0.4 is 0 Å². The summed E-state index contributed by atoms with van der Waals surface area (Å²) in [5.74, 6) is -1.05. The van der Waals surface area contributed by atoms with E-state index in [1.165, 1.54) is 4.90 Å². The van der Waals surface area contributed by atoms with E-state index >= 15 is 0 Å². The quantitative estimate of drug-likeness (QED) is 0.805. The molecule has 0 spiro atoms. The molecule has 2 atom stereocenters. The van der Waals surface area contributed by atoms with Gasteiger partial charge in [-0.3, -0.25) is 4.79 Å². The minimum Gasteiger partial charge on any atom is -0.480 e. The Balaban J connectivity index is 2.01. The van der Waals surface area contributed by atoms with Crippen LogP contribution in [0.25, 0.3) is 0 Å². The SMILES string of the molecule is O=C(O)[C@H](CCc1ccccc1)N1CC(S)CC1=O. The van der Waals surface area contributed by atoms with Crippen LogP contribution in [0.3, 0.4) is 0 Å². The van der Waals surface area contributed by atoms with Crippen molar-refractivity contribution in [2.75, 3.05) is 6.54 Å². The van der Waals surface area contributed by atoms with Crippen LogP contribution in [0.15, 0.2) is 30.3 Å². The molecular formula is C14H17NO3S. The molecule has 0 aromatic heterocycles. The van der Waals surface area contributed by atoms with Gasteiger partial charge in [0.1, 0.15) is 6.04 Å². The van der Waals surface area contributed by atoms with Crippen LogP contribution in [0.2, 0.25) is 0 Å². The van der Waals surface area contributed by atoms with Crippen molar-refractivity contribution in [2.24, 2.45) is 0 Å². The predicted molar refractivity (Wildman–Crippen MR) is 75.3 cm³/mol. The molecule has 1 saturated heterocycles. The van der Waals surface area contributed by atoms with E-state index in [0.717, 1.165) is 5.56 Å². The number of aryl methyl sites for hydroxylation is 1. The van der Waals surface area contributed by atoms with E-state index in [1.807, 2.05) is 30.3 Å². The first-order valence-electron chi connectivity index (χ1n) is 6.32. The highest BCUT2D eigenvalue weighted by molar-refractivity contribution is 7.81. The Morgan fingerprint density at radius 1 is 1.42 bits per heavy atom. The molecule has 5 heteroatoms. The lowest BCUT2D eigenvalue weighted by atomic mass is 10.0. The molecule has 1 aromatic rings. The molecule has 2 rings (SSSR count). The number of benzene rings is 1. The lowest BCUT2D eigenvalue weighted by molar-refractivity contribution is -0.148. The number of carbonyl (C=O) groups excluding carboxylic acids is 1. The van der Waals surface area contributed by atoms with Gasteiger partial charge in [-0.1, -0.05) is 30.3 Å². The molecule has 1 aliphatic heterocycles. The third-order valence-corrected chi connectivity index (χ3v) is 3.69. The summed E-state index contributed by atoms with van der Waals surface area (Å²) < 4.78 is 0. The van der Waals surface area contributed by atoms with Crippen LogP contribution in [0, 0.1) is 0 Å². The predicted octanol–water partition coefficient (Wildman–Crippen LogP) is 1.60. The summed E-state index contributed by atoms with van der Waals surface area (Å²) in [7, 11) is 0. The molecule has 1 fully saturated rings.